The fourth-order valence-corrected chi connectivity index (χ4v) is 3.10. The maximum absolute atomic E-state index is 12.4. The Morgan fingerprint density at radius 3 is 2.30 bits per heavy atom. The monoisotopic (exact) mass is 376 g/mol. The van der Waals surface area contributed by atoms with Crippen LogP contribution in [0.15, 0.2) is 60.8 Å². The van der Waals surface area contributed by atoms with Crippen LogP contribution < -0.4 is 10.1 Å². The van der Waals surface area contributed by atoms with Gasteiger partial charge in [0.15, 0.2) is 0 Å². The highest BCUT2D eigenvalue weighted by Gasteiger charge is 2.10. The number of aryl methyl sites for hydroxylation is 3. The fraction of sp³-hybridized carbons (Fsp3) is 0.136. The van der Waals surface area contributed by atoms with E-state index in [1.165, 1.54) is 0 Å². The Hall–Kier alpha value is -3.05. The number of nitrogens with zero attached hydrogens (tertiary/aromatic N) is 1. The molecule has 0 amide bonds. The first kappa shape index (κ1) is 18.7. The molecule has 1 heterocycles. The summed E-state index contributed by atoms with van der Waals surface area (Å²) >= 11 is 5.44. The van der Waals surface area contributed by atoms with Crippen molar-refractivity contribution in [3.8, 4) is 5.75 Å². The summed E-state index contributed by atoms with van der Waals surface area (Å²) in [7, 11) is 0. The highest BCUT2D eigenvalue weighted by atomic mass is 32.1. The number of esters is 1. The zero-order valence-corrected chi connectivity index (χ0v) is 16.3. The molecule has 5 heteroatoms. The Bertz CT molecular complexity index is 977. The van der Waals surface area contributed by atoms with Crippen LogP contribution in [-0.2, 0) is 0 Å². The Balaban J connectivity index is 1.68. The molecular formula is C22H20N2O2S. The Morgan fingerprint density at radius 1 is 1.00 bits per heavy atom. The summed E-state index contributed by atoms with van der Waals surface area (Å²) < 4.78 is 5.47. The van der Waals surface area contributed by atoms with Crippen molar-refractivity contribution >= 4 is 28.9 Å². The van der Waals surface area contributed by atoms with Gasteiger partial charge in [0, 0.05) is 23.1 Å². The van der Waals surface area contributed by atoms with Gasteiger partial charge in [-0.2, -0.15) is 0 Å². The van der Waals surface area contributed by atoms with Gasteiger partial charge in [0.2, 0.25) is 0 Å². The van der Waals surface area contributed by atoms with Gasteiger partial charge < -0.3 is 10.1 Å². The average Bonchev–Trinajstić information content (AvgIpc) is 2.61. The summed E-state index contributed by atoms with van der Waals surface area (Å²) in [5.74, 6) is 0.158. The van der Waals surface area contributed by atoms with Crippen LogP contribution in [0.5, 0.6) is 5.75 Å². The number of pyridine rings is 1. The molecule has 0 aliphatic rings. The van der Waals surface area contributed by atoms with E-state index in [-0.39, 0.29) is 0 Å². The Labute approximate surface area is 164 Å². The molecule has 2 aromatic carbocycles. The molecule has 0 fully saturated rings. The number of thiocarbonyl (C=S) groups is 1. The van der Waals surface area contributed by atoms with Crippen LogP contribution in [0.4, 0.5) is 5.69 Å². The van der Waals surface area contributed by atoms with Gasteiger partial charge in [0.1, 0.15) is 10.7 Å². The zero-order chi connectivity index (χ0) is 19.4. The van der Waals surface area contributed by atoms with Crippen molar-refractivity contribution in [2.45, 2.75) is 20.8 Å². The fourth-order valence-electron chi connectivity index (χ4n) is 2.77. The first-order valence-corrected chi connectivity index (χ1v) is 8.97. The van der Waals surface area contributed by atoms with Gasteiger partial charge in [-0.15, -0.1) is 0 Å². The number of ether oxygens (including phenoxy) is 1. The normalized spacial score (nSPS) is 10.3. The van der Waals surface area contributed by atoms with Crippen LogP contribution in [0, 0.1) is 20.8 Å². The molecule has 0 saturated heterocycles. The summed E-state index contributed by atoms with van der Waals surface area (Å²) in [5.41, 5.74) is 5.12. The molecule has 0 bridgehead atoms. The molecule has 3 rings (SSSR count). The smallest absolute Gasteiger partial charge is 0.343 e. The van der Waals surface area contributed by atoms with Gasteiger partial charge in [-0.25, -0.2) is 4.79 Å². The molecule has 3 aromatic rings. The number of nitrogens with one attached hydrogen (secondary N) is 1. The third kappa shape index (κ3) is 4.77. The number of benzene rings is 2. The Kier molecular flexibility index (Phi) is 5.62. The van der Waals surface area contributed by atoms with Gasteiger partial charge >= 0.3 is 5.97 Å². The molecule has 1 N–H and O–H groups in total. The van der Waals surface area contributed by atoms with E-state index in [0.29, 0.717) is 16.3 Å². The molecule has 136 valence electrons. The van der Waals surface area contributed by atoms with Crippen LogP contribution in [0.1, 0.15) is 32.7 Å². The number of rotatable bonds is 4. The third-order valence-electron chi connectivity index (χ3n) is 4.04. The highest BCUT2D eigenvalue weighted by molar-refractivity contribution is 7.81. The quantitative estimate of drug-likeness (QED) is 0.394. The van der Waals surface area contributed by atoms with E-state index in [9.17, 15) is 4.79 Å². The van der Waals surface area contributed by atoms with Gasteiger partial charge in [-0.3, -0.25) is 4.98 Å². The number of hydrogen-bond acceptors (Lipinski definition) is 4. The molecule has 0 saturated carbocycles. The van der Waals surface area contributed by atoms with Gasteiger partial charge in [-0.05, 0) is 80.4 Å². The number of hydrogen-bond donors (Lipinski definition) is 1. The van der Waals surface area contributed by atoms with E-state index >= 15 is 0 Å². The van der Waals surface area contributed by atoms with Crippen molar-refractivity contribution in [3.63, 3.8) is 0 Å². The zero-order valence-electron chi connectivity index (χ0n) is 15.4. The first-order chi connectivity index (χ1) is 12.9. The predicted octanol–water partition coefficient (Wildman–Crippen LogP) is 5.01. The summed E-state index contributed by atoms with van der Waals surface area (Å²) in [6.45, 7) is 5.85. The van der Waals surface area contributed by atoms with Crippen molar-refractivity contribution in [3.05, 3.63) is 88.7 Å². The standard InChI is InChI=1S/C22H20N2O2S/c1-14-11-15(2)13-19(12-14)26-22(25)17-6-8-18(9-7-17)24-21(27)20-5-4-10-23-16(20)3/h4-13H,1-3H3,(H,24,27). The van der Waals surface area contributed by atoms with E-state index < -0.39 is 5.97 Å². The average molecular weight is 376 g/mol. The maximum Gasteiger partial charge on any atom is 0.343 e. The molecule has 0 radical (unpaired) electrons. The number of anilines is 1. The first-order valence-electron chi connectivity index (χ1n) is 8.56. The summed E-state index contributed by atoms with van der Waals surface area (Å²) in [6, 6.07) is 16.5. The van der Waals surface area contributed by atoms with Crippen LogP contribution in [0.25, 0.3) is 0 Å². The van der Waals surface area contributed by atoms with Crippen LogP contribution >= 0.6 is 12.2 Å². The lowest BCUT2D eigenvalue weighted by Gasteiger charge is -2.11. The Morgan fingerprint density at radius 2 is 1.67 bits per heavy atom. The molecule has 0 aliphatic carbocycles. The number of aromatic nitrogens is 1. The van der Waals surface area contributed by atoms with Crippen LogP contribution in [-0.4, -0.2) is 15.9 Å². The number of carbonyl (C=O) groups is 1. The van der Waals surface area contributed by atoms with Crippen molar-refractivity contribution in [1.29, 1.82) is 0 Å². The maximum atomic E-state index is 12.4. The molecule has 1 aromatic heterocycles. The van der Waals surface area contributed by atoms with Crippen molar-refractivity contribution in [1.82, 2.24) is 4.98 Å². The van der Waals surface area contributed by atoms with Crippen molar-refractivity contribution in [2.75, 3.05) is 5.32 Å². The lowest BCUT2D eigenvalue weighted by Crippen LogP contribution is -2.13. The largest absolute Gasteiger partial charge is 0.423 e. The van der Waals surface area contributed by atoms with Crippen molar-refractivity contribution < 1.29 is 9.53 Å². The molecule has 0 atom stereocenters. The lowest BCUT2D eigenvalue weighted by molar-refractivity contribution is 0.0734. The SMILES string of the molecule is Cc1cc(C)cc(OC(=O)c2ccc(NC(=S)c3cccnc3C)cc2)c1. The highest BCUT2D eigenvalue weighted by Crippen LogP contribution is 2.19. The van der Waals surface area contributed by atoms with Crippen LogP contribution in [0.3, 0.4) is 0 Å². The van der Waals surface area contributed by atoms with Gasteiger partial charge in [-0.1, -0.05) is 18.3 Å². The number of carbonyl (C=O) groups excluding carboxylic acids is 1. The van der Waals surface area contributed by atoms with E-state index in [4.69, 9.17) is 17.0 Å². The van der Waals surface area contributed by atoms with Crippen molar-refractivity contribution in [2.24, 2.45) is 0 Å². The van der Waals surface area contributed by atoms with E-state index in [2.05, 4.69) is 10.3 Å². The predicted molar refractivity (Wildman–Crippen MR) is 112 cm³/mol. The second-order valence-corrected chi connectivity index (χ2v) is 6.79. The summed E-state index contributed by atoms with van der Waals surface area (Å²) in [6.07, 6.45) is 1.73. The third-order valence-corrected chi connectivity index (χ3v) is 4.36. The minimum Gasteiger partial charge on any atom is -0.423 e. The summed E-state index contributed by atoms with van der Waals surface area (Å²) in [4.78, 5) is 17.2. The summed E-state index contributed by atoms with van der Waals surface area (Å²) in [5, 5.41) is 3.17. The molecule has 0 aliphatic heterocycles. The topological polar surface area (TPSA) is 51.2 Å². The molecule has 0 unspecified atom stereocenters. The van der Waals surface area contributed by atoms with E-state index in [1.54, 1.807) is 30.5 Å². The minimum atomic E-state index is -0.391. The van der Waals surface area contributed by atoms with E-state index in [1.807, 2.05) is 51.1 Å². The minimum absolute atomic E-state index is 0.391. The van der Waals surface area contributed by atoms with Crippen LogP contribution in [0.2, 0.25) is 0 Å². The van der Waals surface area contributed by atoms with Gasteiger partial charge in [0.05, 0.1) is 5.56 Å². The molecular weight excluding hydrogens is 356 g/mol. The lowest BCUT2D eigenvalue weighted by atomic mass is 10.1. The molecule has 27 heavy (non-hydrogen) atoms. The molecule has 0 spiro atoms. The van der Waals surface area contributed by atoms with Gasteiger partial charge in [0.25, 0.3) is 0 Å². The molecule has 4 nitrogen and oxygen atoms in total. The second-order valence-electron chi connectivity index (χ2n) is 6.38. The van der Waals surface area contributed by atoms with E-state index in [0.717, 1.165) is 28.1 Å². The second kappa shape index (κ2) is 8.10.